The fourth-order valence-corrected chi connectivity index (χ4v) is 3.61. The van der Waals surface area contributed by atoms with E-state index < -0.39 is 0 Å². The number of halogens is 2. The van der Waals surface area contributed by atoms with Crippen LogP contribution in [0.15, 0.2) is 36.4 Å². The molecule has 1 aliphatic rings. The van der Waals surface area contributed by atoms with Crippen molar-refractivity contribution in [3.8, 4) is 17.2 Å². The Hall–Kier alpha value is -1.66. The molecule has 7 heteroatoms. The molecule has 148 valence electrons. The van der Waals surface area contributed by atoms with Crippen molar-refractivity contribution in [2.45, 2.75) is 12.6 Å². The zero-order chi connectivity index (χ0) is 18.5. The van der Waals surface area contributed by atoms with Gasteiger partial charge in [0.05, 0.1) is 21.3 Å². The SMILES string of the molecule is COc1cc(OC)c(OC)cc1CN1CCNCC1c1cccc(Cl)c1.Cl. The normalized spacial score (nSPS) is 17.1. The third-order valence-electron chi connectivity index (χ3n) is 4.75. The van der Waals surface area contributed by atoms with Gasteiger partial charge in [0, 0.05) is 48.9 Å². The molecule has 0 amide bonds. The van der Waals surface area contributed by atoms with E-state index in [0.717, 1.165) is 42.5 Å². The Morgan fingerprint density at radius 1 is 1.04 bits per heavy atom. The lowest BCUT2D eigenvalue weighted by Crippen LogP contribution is -2.45. The predicted molar refractivity (Wildman–Crippen MR) is 111 cm³/mol. The van der Waals surface area contributed by atoms with Crippen LogP contribution in [0.4, 0.5) is 0 Å². The Balaban J connectivity index is 0.00000261. The van der Waals surface area contributed by atoms with Crippen LogP contribution in [0.2, 0.25) is 5.02 Å². The number of hydrogen-bond donors (Lipinski definition) is 1. The summed E-state index contributed by atoms with van der Waals surface area (Å²) < 4.78 is 16.4. The Kier molecular flexibility index (Phi) is 8.05. The average molecular weight is 413 g/mol. The number of methoxy groups -OCH3 is 3. The molecule has 0 saturated carbocycles. The molecule has 2 aromatic rings. The molecule has 0 aromatic heterocycles. The minimum absolute atomic E-state index is 0. The summed E-state index contributed by atoms with van der Waals surface area (Å²) in [5.41, 5.74) is 2.28. The molecule has 1 atom stereocenters. The Morgan fingerprint density at radius 3 is 2.41 bits per heavy atom. The second kappa shape index (κ2) is 10.0. The molecule has 0 bridgehead atoms. The lowest BCUT2D eigenvalue weighted by atomic mass is 10.0. The van der Waals surface area contributed by atoms with Crippen molar-refractivity contribution in [2.75, 3.05) is 41.0 Å². The molecule has 5 nitrogen and oxygen atoms in total. The third-order valence-corrected chi connectivity index (χ3v) is 4.98. The molecule has 1 N–H and O–H groups in total. The summed E-state index contributed by atoms with van der Waals surface area (Å²) in [6.07, 6.45) is 0. The number of piperazine rings is 1. The Bertz CT molecular complexity index is 758. The zero-order valence-electron chi connectivity index (χ0n) is 15.8. The number of benzene rings is 2. The highest BCUT2D eigenvalue weighted by Gasteiger charge is 2.25. The standard InChI is InChI=1S/C20H25ClN2O3.ClH/c1-24-18-11-20(26-3)19(25-2)10-15(18)13-23-8-7-22-12-17(23)14-5-4-6-16(21)9-14;/h4-6,9-11,17,22H,7-8,12-13H2,1-3H3;1H. The number of rotatable bonds is 6. The van der Waals surface area contributed by atoms with Crippen molar-refractivity contribution in [3.05, 3.63) is 52.5 Å². The number of nitrogens with one attached hydrogen (secondary N) is 1. The van der Waals surface area contributed by atoms with Crippen molar-refractivity contribution < 1.29 is 14.2 Å². The first-order valence-corrected chi connectivity index (χ1v) is 9.03. The zero-order valence-corrected chi connectivity index (χ0v) is 17.4. The van der Waals surface area contributed by atoms with E-state index in [9.17, 15) is 0 Å². The minimum atomic E-state index is 0. The van der Waals surface area contributed by atoms with Crippen molar-refractivity contribution in [1.82, 2.24) is 10.2 Å². The second-order valence-corrected chi connectivity index (χ2v) is 6.70. The van der Waals surface area contributed by atoms with Gasteiger partial charge in [-0.1, -0.05) is 23.7 Å². The molecule has 2 aromatic carbocycles. The first-order chi connectivity index (χ1) is 12.7. The first-order valence-electron chi connectivity index (χ1n) is 8.65. The van der Waals surface area contributed by atoms with Crippen LogP contribution in [-0.4, -0.2) is 45.9 Å². The maximum Gasteiger partial charge on any atom is 0.164 e. The van der Waals surface area contributed by atoms with Gasteiger partial charge >= 0.3 is 0 Å². The molecule has 0 spiro atoms. The van der Waals surface area contributed by atoms with E-state index in [1.54, 1.807) is 21.3 Å². The monoisotopic (exact) mass is 412 g/mol. The van der Waals surface area contributed by atoms with Crippen LogP contribution in [0.1, 0.15) is 17.2 Å². The number of ether oxygens (including phenoxy) is 3. The fourth-order valence-electron chi connectivity index (χ4n) is 3.41. The van der Waals surface area contributed by atoms with Gasteiger partial charge in [0.2, 0.25) is 0 Å². The summed E-state index contributed by atoms with van der Waals surface area (Å²) in [5.74, 6) is 2.17. The summed E-state index contributed by atoms with van der Waals surface area (Å²) in [5, 5.41) is 4.24. The molecule has 1 heterocycles. The number of nitrogens with zero attached hydrogens (tertiary/aromatic N) is 1. The maximum absolute atomic E-state index is 6.20. The molecule has 1 saturated heterocycles. The van der Waals surface area contributed by atoms with E-state index in [-0.39, 0.29) is 18.4 Å². The first kappa shape index (κ1) is 21.6. The molecule has 0 radical (unpaired) electrons. The van der Waals surface area contributed by atoms with E-state index in [0.29, 0.717) is 11.5 Å². The molecule has 3 rings (SSSR count). The Labute approximate surface area is 172 Å². The predicted octanol–water partition coefficient (Wildman–Crippen LogP) is 3.93. The quantitative estimate of drug-likeness (QED) is 0.778. The maximum atomic E-state index is 6.20. The van der Waals surface area contributed by atoms with Crippen LogP contribution in [0.5, 0.6) is 17.2 Å². The summed E-state index contributed by atoms with van der Waals surface area (Å²) in [6.45, 7) is 3.53. The lowest BCUT2D eigenvalue weighted by Gasteiger charge is -2.37. The molecular weight excluding hydrogens is 387 g/mol. The largest absolute Gasteiger partial charge is 0.496 e. The molecule has 1 unspecified atom stereocenters. The summed E-state index contributed by atoms with van der Waals surface area (Å²) >= 11 is 6.20. The van der Waals surface area contributed by atoms with Gasteiger partial charge in [-0.05, 0) is 23.8 Å². The van der Waals surface area contributed by atoms with Crippen LogP contribution < -0.4 is 19.5 Å². The van der Waals surface area contributed by atoms with E-state index in [1.165, 1.54) is 5.56 Å². The number of hydrogen-bond acceptors (Lipinski definition) is 5. The van der Waals surface area contributed by atoms with Crippen molar-refractivity contribution in [2.24, 2.45) is 0 Å². The minimum Gasteiger partial charge on any atom is -0.496 e. The van der Waals surface area contributed by atoms with E-state index in [1.807, 2.05) is 30.3 Å². The van der Waals surface area contributed by atoms with Gasteiger partial charge < -0.3 is 19.5 Å². The third kappa shape index (κ3) is 4.99. The van der Waals surface area contributed by atoms with Crippen molar-refractivity contribution in [1.29, 1.82) is 0 Å². The summed E-state index contributed by atoms with van der Waals surface area (Å²) in [6, 6.07) is 12.2. The van der Waals surface area contributed by atoms with Crippen LogP contribution in [-0.2, 0) is 6.54 Å². The highest BCUT2D eigenvalue weighted by atomic mass is 35.5. The highest BCUT2D eigenvalue weighted by Crippen LogP contribution is 2.36. The fraction of sp³-hybridized carbons (Fsp3) is 0.400. The summed E-state index contributed by atoms with van der Waals surface area (Å²) in [7, 11) is 4.95. The van der Waals surface area contributed by atoms with E-state index in [4.69, 9.17) is 25.8 Å². The van der Waals surface area contributed by atoms with Gasteiger partial charge in [-0.2, -0.15) is 0 Å². The van der Waals surface area contributed by atoms with Gasteiger partial charge in [0.15, 0.2) is 11.5 Å². The van der Waals surface area contributed by atoms with Crippen molar-refractivity contribution in [3.63, 3.8) is 0 Å². The van der Waals surface area contributed by atoms with Gasteiger partial charge in [-0.3, -0.25) is 4.90 Å². The van der Waals surface area contributed by atoms with Gasteiger partial charge in [-0.15, -0.1) is 12.4 Å². The Morgan fingerprint density at radius 2 is 1.74 bits per heavy atom. The van der Waals surface area contributed by atoms with Crippen molar-refractivity contribution >= 4 is 24.0 Å². The molecular formula is C20H26Cl2N2O3. The van der Waals surface area contributed by atoms with Crippen LogP contribution in [0.25, 0.3) is 0 Å². The van der Waals surface area contributed by atoms with E-state index in [2.05, 4.69) is 16.3 Å². The highest BCUT2D eigenvalue weighted by molar-refractivity contribution is 6.30. The van der Waals surface area contributed by atoms with Crippen LogP contribution in [0, 0.1) is 0 Å². The van der Waals surface area contributed by atoms with E-state index >= 15 is 0 Å². The average Bonchev–Trinajstić information content (AvgIpc) is 2.68. The lowest BCUT2D eigenvalue weighted by molar-refractivity contribution is 0.152. The molecule has 1 fully saturated rings. The van der Waals surface area contributed by atoms with Gasteiger partial charge in [-0.25, -0.2) is 0 Å². The van der Waals surface area contributed by atoms with Gasteiger partial charge in [0.25, 0.3) is 0 Å². The summed E-state index contributed by atoms with van der Waals surface area (Å²) in [4.78, 5) is 2.44. The molecule has 27 heavy (non-hydrogen) atoms. The van der Waals surface area contributed by atoms with Gasteiger partial charge in [0.1, 0.15) is 5.75 Å². The smallest absolute Gasteiger partial charge is 0.164 e. The second-order valence-electron chi connectivity index (χ2n) is 6.26. The van der Waals surface area contributed by atoms with Crippen LogP contribution in [0.3, 0.4) is 0 Å². The molecule has 1 aliphatic heterocycles. The van der Waals surface area contributed by atoms with Crippen LogP contribution >= 0.6 is 24.0 Å². The molecule has 0 aliphatic carbocycles. The topological polar surface area (TPSA) is 43.0 Å².